The number of aliphatic hydroxyl groups excluding tert-OH is 2. The van der Waals surface area contributed by atoms with Crippen molar-refractivity contribution in [3.63, 3.8) is 0 Å². The monoisotopic (exact) mass is 410 g/mol. The van der Waals surface area contributed by atoms with Gasteiger partial charge >= 0.3 is 5.97 Å². The summed E-state index contributed by atoms with van der Waals surface area (Å²) in [6, 6.07) is 0. The van der Waals surface area contributed by atoms with Crippen molar-refractivity contribution in [1.82, 2.24) is 0 Å². The highest BCUT2D eigenvalue weighted by atomic mass is 35.5. The number of unbranched alkanes of at least 4 members (excludes halogenated alkanes) is 1. The van der Waals surface area contributed by atoms with E-state index in [1.54, 1.807) is 6.08 Å². The Morgan fingerprint density at radius 1 is 1.36 bits per heavy atom. The number of ether oxygens (including phenoxy) is 1. The summed E-state index contributed by atoms with van der Waals surface area (Å²) in [6.07, 6.45) is 17.1. The van der Waals surface area contributed by atoms with Crippen LogP contribution in [0.2, 0.25) is 0 Å². The molecular formula is C22H31ClO5. The number of hydrogen-bond acceptors (Lipinski definition) is 4. The molecule has 0 aromatic heterocycles. The van der Waals surface area contributed by atoms with E-state index in [4.69, 9.17) is 21.4 Å². The summed E-state index contributed by atoms with van der Waals surface area (Å²) < 4.78 is 5.58. The molecule has 0 aromatic rings. The van der Waals surface area contributed by atoms with Crippen LogP contribution in [0.1, 0.15) is 44.9 Å². The summed E-state index contributed by atoms with van der Waals surface area (Å²) in [5.41, 5.74) is 0. The lowest BCUT2D eigenvalue weighted by molar-refractivity contribution is -0.137. The van der Waals surface area contributed by atoms with Crippen LogP contribution < -0.4 is 0 Å². The number of allylic oxidation sites excluding steroid dienone is 5. The third kappa shape index (κ3) is 8.21. The largest absolute Gasteiger partial charge is 0.491 e. The molecule has 2 rings (SSSR count). The topological polar surface area (TPSA) is 87.0 Å². The second-order valence-corrected chi connectivity index (χ2v) is 8.02. The fourth-order valence-electron chi connectivity index (χ4n) is 3.61. The normalized spacial score (nSPS) is 28.8. The molecule has 0 radical (unpaired) electrons. The van der Waals surface area contributed by atoms with Crippen LogP contribution in [0.25, 0.3) is 0 Å². The highest BCUT2D eigenvalue weighted by Gasteiger charge is 2.32. The SMILES string of the molecule is O=C(O)CCC/C=C\C[C@H]1CC[C@@H](O)[C@@H]1/C=C/[C@@H](O)COC1=CC(Cl)CC=C1. The summed E-state index contributed by atoms with van der Waals surface area (Å²) in [4.78, 5) is 10.5. The van der Waals surface area contributed by atoms with E-state index in [0.717, 1.165) is 32.1 Å². The van der Waals surface area contributed by atoms with Gasteiger partial charge in [-0.3, -0.25) is 4.79 Å². The van der Waals surface area contributed by atoms with Crippen molar-refractivity contribution < 1.29 is 24.9 Å². The van der Waals surface area contributed by atoms with Gasteiger partial charge < -0.3 is 20.1 Å². The minimum atomic E-state index is -0.765. The van der Waals surface area contributed by atoms with Crippen molar-refractivity contribution in [3.8, 4) is 0 Å². The molecule has 5 nitrogen and oxygen atoms in total. The fraction of sp³-hybridized carbons (Fsp3) is 0.591. The first-order chi connectivity index (χ1) is 13.5. The van der Waals surface area contributed by atoms with E-state index in [1.165, 1.54) is 0 Å². The standard InChI is InChI=1S/C22H31ClO5/c23-17-7-5-8-19(14-17)28-15-18(24)11-12-20-16(10-13-21(20)25)6-3-1-2-4-9-22(26)27/h1,3,5,8,11-12,14,16-18,20-21,24-25H,2,4,6-7,9-10,13,15H2,(H,26,27)/b3-1-,12-11+/t16-,17?,18+,20+,21+/m0/s1. The molecule has 1 unspecified atom stereocenters. The summed E-state index contributed by atoms with van der Waals surface area (Å²) >= 11 is 6.05. The molecule has 0 amide bonds. The van der Waals surface area contributed by atoms with Crippen LogP contribution in [0, 0.1) is 11.8 Å². The second-order valence-electron chi connectivity index (χ2n) is 7.46. The Balaban J connectivity index is 1.75. The van der Waals surface area contributed by atoms with Crippen LogP contribution in [0.4, 0.5) is 0 Å². The number of rotatable bonds is 11. The number of aliphatic hydroxyl groups is 2. The Kier molecular flexibility index (Phi) is 9.82. The van der Waals surface area contributed by atoms with Crippen molar-refractivity contribution in [3.05, 3.63) is 48.3 Å². The molecular weight excluding hydrogens is 380 g/mol. The zero-order chi connectivity index (χ0) is 20.4. The highest BCUT2D eigenvalue weighted by molar-refractivity contribution is 6.22. The summed E-state index contributed by atoms with van der Waals surface area (Å²) in [5, 5.41) is 29.0. The molecule has 6 heteroatoms. The van der Waals surface area contributed by atoms with Gasteiger partial charge in [0.1, 0.15) is 18.5 Å². The predicted octanol–water partition coefficient (Wildman–Crippen LogP) is 3.96. The number of aliphatic carboxylic acids is 1. The lowest BCUT2D eigenvalue weighted by atomic mass is 9.91. The molecule has 156 valence electrons. The lowest BCUT2D eigenvalue weighted by Gasteiger charge is -2.18. The van der Waals surface area contributed by atoms with E-state index >= 15 is 0 Å². The van der Waals surface area contributed by atoms with Crippen LogP contribution in [-0.4, -0.2) is 45.5 Å². The summed E-state index contributed by atoms with van der Waals surface area (Å²) in [7, 11) is 0. The molecule has 0 saturated heterocycles. The number of carboxylic acid groups (broad SMARTS) is 1. The highest BCUT2D eigenvalue weighted by Crippen LogP contribution is 2.36. The van der Waals surface area contributed by atoms with Crippen molar-refractivity contribution >= 4 is 17.6 Å². The molecule has 0 aromatic carbocycles. The van der Waals surface area contributed by atoms with E-state index in [1.807, 2.05) is 30.4 Å². The maximum Gasteiger partial charge on any atom is 0.303 e. The zero-order valence-electron chi connectivity index (χ0n) is 16.1. The van der Waals surface area contributed by atoms with Crippen molar-refractivity contribution in [2.75, 3.05) is 6.61 Å². The summed E-state index contributed by atoms with van der Waals surface area (Å²) in [6.45, 7) is 0.146. The molecule has 0 bridgehead atoms. The molecule has 28 heavy (non-hydrogen) atoms. The second kappa shape index (κ2) is 12.1. The number of carboxylic acids is 1. The van der Waals surface area contributed by atoms with E-state index < -0.39 is 18.2 Å². The number of alkyl halides is 1. The number of carbonyl (C=O) groups is 1. The van der Waals surface area contributed by atoms with Gasteiger partial charge in [0.15, 0.2) is 0 Å². The first kappa shape index (κ1) is 22.7. The van der Waals surface area contributed by atoms with E-state index in [0.29, 0.717) is 18.1 Å². The molecule has 1 fully saturated rings. The Morgan fingerprint density at radius 3 is 2.93 bits per heavy atom. The van der Waals surface area contributed by atoms with Gasteiger partial charge in [0, 0.05) is 12.3 Å². The molecule has 3 N–H and O–H groups in total. The van der Waals surface area contributed by atoms with Gasteiger partial charge in [-0.25, -0.2) is 0 Å². The minimum Gasteiger partial charge on any atom is -0.491 e. The van der Waals surface area contributed by atoms with E-state index in [9.17, 15) is 15.0 Å². The van der Waals surface area contributed by atoms with Crippen LogP contribution in [0.3, 0.4) is 0 Å². The Bertz CT molecular complexity index is 610. The zero-order valence-corrected chi connectivity index (χ0v) is 16.9. The van der Waals surface area contributed by atoms with Gasteiger partial charge in [-0.1, -0.05) is 30.4 Å². The quantitative estimate of drug-likeness (QED) is 0.272. The smallest absolute Gasteiger partial charge is 0.303 e. The van der Waals surface area contributed by atoms with Crippen LogP contribution >= 0.6 is 11.6 Å². The van der Waals surface area contributed by atoms with Gasteiger partial charge in [0.25, 0.3) is 0 Å². The first-order valence-corrected chi connectivity index (χ1v) is 10.5. The van der Waals surface area contributed by atoms with Gasteiger partial charge in [-0.2, -0.15) is 0 Å². The summed E-state index contributed by atoms with van der Waals surface area (Å²) in [5.74, 6) is 0.249. The lowest BCUT2D eigenvalue weighted by Crippen LogP contribution is -2.19. The van der Waals surface area contributed by atoms with Gasteiger partial charge in [0.05, 0.1) is 11.5 Å². The van der Waals surface area contributed by atoms with Crippen molar-refractivity contribution in [2.24, 2.45) is 11.8 Å². The maximum absolute atomic E-state index is 10.5. The maximum atomic E-state index is 10.5. The van der Waals surface area contributed by atoms with E-state index in [2.05, 4.69) is 6.08 Å². The first-order valence-electron chi connectivity index (χ1n) is 10.0. The van der Waals surface area contributed by atoms with Gasteiger partial charge in [-0.05, 0) is 56.6 Å². The third-order valence-electron chi connectivity index (χ3n) is 5.15. The molecule has 0 heterocycles. The average Bonchev–Trinajstić information content (AvgIpc) is 3.00. The Morgan fingerprint density at radius 2 is 2.18 bits per heavy atom. The Hall–Kier alpha value is -1.56. The fourth-order valence-corrected chi connectivity index (χ4v) is 3.84. The Labute approximate surface area is 172 Å². The van der Waals surface area contributed by atoms with Gasteiger partial charge in [0.2, 0.25) is 0 Å². The van der Waals surface area contributed by atoms with Crippen LogP contribution in [0.15, 0.2) is 48.3 Å². The van der Waals surface area contributed by atoms with Gasteiger partial charge in [-0.15, -0.1) is 11.6 Å². The minimum absolute atomic E-state index is 0.0133. The predicted molar refractivity (Wildman–Crippen MR) is 110 cm³/mol. The molecule has 2 aliphatic rings. The molecule has 1 saturated carbocycles. The molecule has 0 aliphatic heterocycles. The average molecular weight is 411 g/mol. The van der Waals surface area contributed by atoms with Crippen molar-refractivity contribution in [1.29, 1.82) is 0 Å². The van der Waals surface area contributed by atoms with Crippen LogP contribution in [0.5, 0.6) is 0 Å². The number of hydrogen-bond donors (Lipinski definition) is 3. The van der Waals surface area contributed by atoms with Crippen molar-refractivity contribution in [2.45, 2.75) is 62.5 Å². The van der Waals surface area contributed by atoms with Crippen LogP contribution in [-0.2, 0) is 9.53 Å². The van der Waals surface area contributed by atoms with E-state index in [-0.39, 0.29) is 24.3 Å². The molecule has 0 spiro atoms. The third-order valence-corrected chi connectivity index (χ3v) is 5.46. The molecule has 2 aliphatic carbocycles. The number of halogens is 1. The molecule has 5 atom stereocenters.